The smallest absolute Gasteiger partial charge is 0.306 e. The zero-order chi connectivity index (χ0) is 12.2. The Morgan fingerprint density at radius 1 is 1.19 bits per heavy atom. The maximum absolute atomic E-state index is 11.0. The first-order valence-electron chi connectivity index (χ1n) is 5.64. The number of ether oxygens (including phenoxy) is 1. The summed E-state index contributed by atoms with van der Waals surface area (Å²) in [5.41, 5.74) is 10.9. The van der Waals surface area contributed by atoms with Crippen molar-refractivity contribution >= 4 is 5.97 Å². The zero-order valence-electron chi connectivity index (χ0n) is 10.1. The molecule has 0 aliphatic rings. The summed E-state index contributed by atoms with van der Waals surface area (Å²) in [5, 5.41) is 3.20. The van der Waals surface area contributed by atoms with Crippen LogP contribution in [0.2, 0.25) is 0 Å². The van der Waals surface area contributed by atoms with Gasteiger partial charge in [0.25, 0.3) is 0 Å². The van der Waals surface area contributed by atoms with Gasteiger partial charge in [0.15, 0.2) is 0 Å². The van der Waals surface area contributed by atoms with Crippen LogP contribution < -0.4 is 16.8 Å². The molecule has 0 unspecified atom stereocenters. The number of carbonyl (C=O) groups excluding carboxylic acids is 1. The van der Waals surface area contributed by atoms with Gasteiger partial charge in [-0.15, -0.1) is 0 Å². The van der Waals surface area contributed by atoms with Gasteiger partial charge in [-0.05, 0) is 0 Å². The van der Waals surface area contributed by atoms with Gasteiger partial charge in [0, 0.05) is 45.8 Å². The molecule has 0 aromatic heterocycles. The number of hydrogen-bond donors (Lipinski definition) is 3. The number of carbonyl (C=O) groups is 1. The molecule has 5 N–H and O–H groups in total. The van der Waals surface area contributed by atoms with E-state index in [9.17, 15) is 4.79 Å². The molecule has 0 aromatic rings. The topological polar surface area (TPSA) is 93.6 Å². The van der Waals surface area contributed by atoms with Crippen LogP contribution in [0.5, 0.6) is 0 Å². The maximum atomic E-state index is 11.0. The summed E-state index contributed by atoms with van der Waals surface area (Å²) < 4.78 is 4.59. The van der Waals surface area contributed by atoms with E-state index in [1.165, 1.54) is 7.11 Å². The molecule has 6 nitrogen and oxygen atoms in total. The summed E-state index contributed by atoms with van der Waals surface area (Å²) in [7, 11) is 1.40. The summed E-state index contributed by atoms with van der Waals surface area (Å²) in [6, 6.07) is 0. The number of esters is 1. The lowest BCUT2D eigenvalue weighted by Gasteiger charge is -2.21. The maximum Gasteiger partial charge on any atom is 0.306 e. The van der Waals surface area contributed by atoms with Crippen LogP contribution in [0.1, 0.15) is 6.42 Å². The number of rotatable bonds is 10. The van der Waals surface area contributed by atoms with Crippen molar-refractivity contribution in [1.82, 2.24) is 10.2 Å². The summed E-state index contributed by atoms with van der Waals surface area (Å²) in [4.78, 5) is 13.1. The summed E-state index contributed by atoms with van der Waals surface area (Å²) in [6.07, 6.45) is 0.410. The molecule has 0 heterocycles. The normalized spacial score (nSPS) is 10.8. The Hall–Kier alpha value is -0.690. The van der Waals surface area contributed by atoms with Crippen molar-refractivity contribution in [2.75, 3.05) is 52.9 Å². The van der Waals surface area contributed by atoms with E-state index in [0.29, 0.717) is 26.1 Å². The van der Waals surface area contributed by atoms with Crippen LogP contribution in [-0.4, -0.2) is 63.8 Å². The third-order valence-corrected chi connectivity index (χ3v) is 2.23. The van der Waals surface area contributed by atoms with Gasteiger partial charge in [0.2, 0.25) is 0 Å². The molecular weight excluding hydrogens is 208 g/mol. The molecule has 0 aliphatic heterocycles. The number of hydrogen-bond acceptors (Lipinski definition) is 6. The van der Waals surface area contributed by atoms with Crippen LogP contribution in [0.3, 0.4) is 0 Å². The molecule has 96 valence electrons. The number of nitrogens with zero attached hydrogens (tertiary/aromatic N) is 1. The molecule has 0 saturated heterocycles. The van der Waals surface area contributed by atoms with E-state index in [1.807, 2.05) is 0 Å². The largest absolute Gasteiger partial charge is 0.469 e. The molecule has 0 bridgehead atoms. The fraction of sp³-hybridized carbons (Fsp3) is 0.900. The molecule has 0 radical (unpaired) electrons. The first kappa shape index (κ1) is 15.3. The highest BCUT2D eigenvalue weighted by molar-refractivity contribution is 5.69. The number of nitrogens with two attached hydrogens (primary N) is 2. The van der Waals surface area contributed by atoms with E-state index in [1.54, 1.807) is 0 Å². The van der Waals surface area contributed by atoms with Crippen molar-refractivity contribution in [3.05, 3.63) is 0 Å². The average Bonchev–Trinajstić information content (AvgIpc) is 2.30. The van der Waals surface area contributed by atoms with Gasteiger partial charge >= 0.3 is 5.97 Å². The lowest BCUT2D eigenvalue weighted by atomic mass is 10.3. The van der Waals surface area contributed by atoms with E-state index >= 15 is 0 Å². The van der Waals surface area contributed by atoms with Crippen molar-refractivity contribution in [3.8, 4) is 0 Å². The monoisotopic (exact) mass is 232 g/mol. The Morgan fingerprint density at radius 3 is 2.50 bits per heavy atom. The molecular formula is C10H24N4O2. The Kier molecular flexibility index (Phi) is 10.3. The minimum Gasteiger partial charge on any atom is -0.469 e. The third-order valence-electron chi connectivity index (χ3n) is 2.23. The van der Waals surface area contributed by atoms with Crippen LogP contribution >= 0.6 is 0 Å². The summed E-state index contributed by atoms with van der Waals surface area (Å²) in [5.74, 6) is -0.183. The quantitative estimate of drug-likeness (QED) is 0.309. The van der Waals surface area contributed by atoms with Crippen LogP contribution in [0.4, 0.5) is 0 Å². The molecule has 0 amide bonds. The molecule has 6 heteroatoms. The summed E-state index contributed by atoms with van der Waals surface area (Å²) >= 11 is 0. The van der Waals surface area contributed by atoms with E-state index in [4.69, 9.17) is 11.5 Å². The molecule has 0 fully saturated rings. The van der Waals surface area contributed by atoms with Gasteiger partial charge in [0.1, 0.15) is 0 Å². The van der Waals surface area contributed by atoms with Gasteiger partial charge in [-0.25, -0.2) is 0 Å². The number of nitrogens with one attached hydrogen (secondary N) is 1. The Labute approximate surface area is 97.3 Å². The van der Waals surface area contributed by atoms with Gasteiger partial charge in [-0.2, -0.15) is 0 Å². The van der Waals surface area contributed by atoms with Gasteiger partial charge in [0.05, 0.1) is 13.5 Å². The first-order chi connectivity index (χ1) is 7.74. The Morgan fingerprint density at radius 2 is 1.94 bits per heavy atom. The summed E-state index contributed by atoms with van der Waals surface area (Å²) in [6.45, 7) is 5.26. The highest BCUT2D eigenvalue weighted by Gasteiger charge is 2.07. The molecule has 0 rings (SSSR count). The fourth-order valence-electron chi connectivity index (χ4n) is 1.33. The number of methoxy groups -OCH3 is 1. The SMILES string of the molecule is COC(=O)CCN(CCN)CCNCCN. The molecule has 0 atom stereocenters. The van der Waals surface area contributed by atoms with Crippen LogP contribution in [0.15, 0.2) is 0 Å². The predicted octanol–water partition coefficient (Wildman–Crippen LogP) is -1.64. The minimum absolute atomic E-state index is 0.183. The van der Waals surface area contributed by atoms with E-state index in [0.717, 1.165) is 26.2 Å². The lowest BCUT2D eigenvalue weighted by molar-refractivity contribution is -0.140. The van der Waals surface area contributed by atoms with E-state index in [2.05, 4.69) is 15.0 Å². The molecule has 0 saturated carbocycles. The highest BCUT2D eigenvalue weighted by Crippen LogP contribution is 1.92. The van der Waals surface area contributed by atoms with Crippen LogP contribution in [0, 0.1) is 0 Å². The van der Waals surface area contributed by atoms with E-state index < -0.39 is 0 Å². The first-order valence-corrected chi connectivity index (χ1v) is 5.64. The molecule has 16 heavy (non-hydrogen) atoms. The van der Waals surface area contributed by atoms with Crippen molar-refractivity contribution in [2.45, 2.75) is 6.42 Å². The third kappa shape index (κ3) is 8.60. The standard InChI is InChI=1S/C10H24N4O2/c1-16-10(15)2-7-14(8-4-12)9-6-13-5-3-11/h13H,2-9,11-12H2,1H3. The van der Waals surface area contributed by atoms with Crippen molar-refractivity contribution in [3.63, 3.8) is 0 Å². The van der Waals surface area contributed by atoms with Crippen LogP contribution in [-0.2, 0) is 9.53 Å². The molecule has 0 aliphatic carbocycles. The zero-order valence-corrected chi connectivity index (χ0v) is 10.1. The van der Waals surface area contributed by atoms with Crippen molar-refractivity contribution in [2.24, 2.45) is 11.5 Å². The van der Waals surface area contributed by atoms with Gasteiger partial charge < -0.3 is 26.4 Å². The lowest BCUT2D eigenvalue weighted by Crippen LogP contribution is -2.38. The van der Waals surface area contributed by atoms with Crippen LogP contribution in [0.25, 0.3) is 0 Å². The van der Waals surface area contributed by atoms with Gasteiger partial charge in [-0.1, -0.05) is 0 Å². The second-order valence-electron chi connectivity index (χ2n) is 3.50. The second-order valence-corrected chi connectivity index (χ2v) is 3.50. The fourth-order valence-corrected chi connectivity index (χ4v) is 1.33. The highest BCUT2D eigenvalue weighted by atomic mass is 16.5. The van der Waals surface area contributed by atoms with Crippen molar-refractivity contribution < 1.29 is 9.53 Å². The van der Waals surface area contributed by atoms with E-state index in [-0.39, 0.29) is 5.97 Å². The predicted molar refractivity (Wildman–Crippen MR) is 64.1 cm³/mol. The minimum atomic E-state index is -0.183. The average molecular weight is 232 g/mol. The molecule has 0 spiro atoms. The van der Waals surface area contributed by atoms with Gasteiger partial charge in [-0.3, -0.25) is 4.79 Å². The van der Waals surface area contributed by atoms with Crippen molar-refractivity contribution in [1.29, 1.82) is 0 Å². The molecule has 0 aromatic carbocycles. The second kappa shape index (κ2) is 10.8. The Bertz CT molecular complexity index is 178. The Balaban J connectivity index is 3.65.